The SMILES string of the molecule is COc1cc(/C=C(/C#N)C(=O)N[C@H](C)c2ccccc2)cc(Br)c1OCC(=O)Nc1ccc(C)cc1. The molecule has 0 heterocycles. The third-order valence-corrected chi connectivity index (χ3v) is 5.85. The van der Waals surface area contributed by atoms with Crippen LogP contribution in [0.15, 0.2) is 76.8 Å². The maximum atomic E-state index is 12.7. The number of carbonyl (C=O) groups excluding carboxylic acids is 2. The molecule has 2 amide bonds. The molecule has 2 N–H and O–H groups in total. The minimum absolute atomic E-state index is 0.0575. The monoisotopic (exact) mass is 547 g/mol. The number of methoxy groups -OCH3 is 1. The van der Waals surface area contributed by atoms with Crippen LogP contribution in [0.3, 0.4) is 0 Å². The molecule has 3 aromatic rings. The highest BCUT2D eigenvalue weighted by Crippen LogP contribution is 2.37. The molecule has 8 heteroatoms. The van der Waals surface area contributed by atoms with Crippen LogP contribution in [-0.4, -0.2) is 25.5 Å². The minimum atomic E-state index is -0.489. The second-order valence-corrected chi connectivity index (χ2v) is 8.87. The summed E-state index contributed by atoms with van der Waals surface area (Å²) in [6, 6.07) is 21.9. The lowest BCUT2D eigenvalue weighted by molar-refractivity contribution is -0.118. The first kappa shape index (κ1) is 26.5. The second-order valence-electron chi connectivity index (χ2n) is 8.01. The summed E-state index contributed by atoms with van der Waals surface area (Å²) >= 11 is 3.43. The van der Waals surface area contributed by atoms with Crippen LogP contribution in [0.4, 0.5) is 5.69 Å². The van der Waals surface area contributed by atoms with Crippen LogP contribution in [0.25, 0.3) is 6.08 Å². The zero-order chi connectivity index (χ0) is 26.1. The maximum Gasteiger partial charge on any atom is 0.262 e. The molecule has 1 atom stereocenters. The summed E-state index contributed by atoms with van der Waals surface area (Å²) in [6.45, 7) is 3.58. The lowest BCUT2D eigenvalue weighted by Gasteiger charge is -2.15. The van der Waals surface area contributed by atoms with Crippen molar-refractivity contribution in [3.05, 3.63) is 93.5 Å². The highest BCUT2D eigenvalue weighted by atomic mass is 79.9. The molecular formula is C28H26BrN3O4. The van der Waals surface area contributed by atoms with E-state index in [1.165, 1.54) is 13.2 Å². The summed E-state index contributed by atoms with van der Waals surface area (Å²) in [5.41, 5.74) is 3.19. The Balaban J connectivity index is 1.71. The first-order valence-corrected chi connectivity index (χ1v) is 11.9. The van der Waals surface area contributed by atoms with E-state index in [2.05, 4.69) is 26.6 Å². The van der Waals surface area contributed by atoms with Gasteiger partial charge in [-0.05, 0) is 71.2 Å². The Kier molecular flexibility index (Phi) is 9.25. The van der Waals surface area contributed by atoms with Gasteiger partial charge in [-0.1, -0.05) is 48.0 Å². The van der Waals surface area contributed by atoms with E-state index in [0.717, 1.165) is 11.1 Å². The van der Waals surface area contributed by atoms with Gasteiger partial charge in [-0.3, -0.25) is 9.59 Å². The molecule has 0 aromatic heterocycles. The molecule has 0 aliphatic rings. The summed E-state index contributed by atoms with van der Waals surface area (Å²) in [5.74, 6) is -0.145. The molecule has 0 saturated carbocycles. The average molecular weight is 548 g/mol. The molecule has 3 aromatic carbocycles. The number of nitriles is 1. The zero-order valence-electron chi connectivity index (χ0n) is 20.2. The van der Waals surface area contributed by atoms with Crippen LogP contribution in [0.1, 0.15) is 29.7 Å². The van der Waals surface area contributed by atoms with Crippen molar-refractivity contribution in [1.29, 1.82) is 5.26 Å². The lowest BCUT2D eigenvalue weighted by atomic mass is 10.1. The second kappa shape index (κ2) is 12.6. The van der Waals surface area contributed by atoms with Crippen molar-refractivity contribution in [1.82, 2.24) is 5.32 Å². The van der Waals surface area contributed by atoms with Crippen molar-refractivity contribution in [2.24, 2.45) is 0 Å². The Morgan fingerprint density at radius 2 is 1.81 bits per heavy atom. The van der Waals surface area contributed by atoms with Crippen LogP contribution in [0.5, 0.6) is 11.5 Å². The first-order valence-electron chi connectivity index (χ1n) is 11.1. The van der Waals surface area contributed by atoms with E-state index < -0.39 is 5.91 Å². The maximum absolute atomic E-state index is 12.7. The minimum Gasteiger partial charge on any atom is -0.493 e. The van der Waals surface area contributed by atoms with Gasteiger partial charge in [0.15, 0.2) is 18.1 Å². The van der Waals surface area contributed by atoms with Crippen LogP contribution in [0, 0.1) is 18.3 Å². The third-order valence-electron chi connectivity index (χ3n) is 5.26. The first-order chi connectivity index (χ1) is 17.3. The van der Waals surface area contributed by atoms with Gasteiger partial charge in [0.05, 0.1) is 17.6 Å². The van der Waals surface area contributed by atoms with Gasteiger partial charge in [0.1, 0.15) is 11.6 Å². The quantitative estimate of drug-likeness (QED) is 0.269. The van der Waals surface area contributed by atoms with Crippen LogP contribution in [0.2, 0.25) is 0 Å². The van der Waals surface area contributed by atoms with Crippen molar-refractivity contribution in [3.63, 3.8) is 0 Å². The highest BCUT2D eigenvalue weighted by molar-refractivity contribution is 9.10. The fraction of sp³-hybridized carbons (Fsp3) is 0.179. The molecule has 0 spiro atoms. The number of hydrogen-bond acceptors (Lipinski definition) is 5. The van der Waals surface area contributed by atoms with Gasteiger partial charge in [-0.2, -0.15) is 5.26 Å². The van der Waals surface area contributed by atoms with E-state index in [1.54, 1.807) is 12.1 Å². The number of aryl methyl sites for hydroxylation is 1. The number of carbonyl (C=O) groups is 2. The Morgan fingerprint density at radius 3 is 2.44 bits per heavy atom. The van der Waals surface area contributed by atoms with Gasteiger partial charge in [-0.15, -0.1) is 0 Å². The number of hydrogen-bond donors (Lipinski definition) is 2. The van der Waals surface area contributed by atoms with Crippen LogP contribution >= 0.6 is 15.9 Å². The molecule has 0 fully saturated rings. The van der Waals surface area contributed by atoms with Crippen molar-refractivity contribution in [2.45, 2.75) is 19.9 Å². The van der Waals surface area contributed by atoms with Gasteiger partial charge >= 0.3 is 0 Å². The fourth-order valence-electron chi connectivity index (χ4n) is 3.35. The number of nitrogens with one attached hydrogen (secondary N) is 2. The molecule has 0 aliphatic heterocycles. The van der Waals surface area contributed by atoms with E-state index >= 15 is 0 Å². The Hall–Kier alpha value is -4.09. The number of anilines is 1. The summed E-state index contributed by atoms with van der Waals surface area (Å²) in [5, 5.41) is 15.2. The standard InChI is InChI=1S/C28H26BrN3O4/c1-18-9-11-23(12-10-18)32-26(33)17-36-27-24(29)14-20(15-25(27)35-3)13-22(16-30)28(34)31-19(2)21-7-5-4-6-8-21/h4-15,19H,17H2,1-3H3,(H,31,34)(H,32,33)/b22-13-/t19-/m1/s1. The molecule has 36 heavy (non-hydrogen) atoms. The Bertz CT molecular complexity index is 1300. The summed E-state index contributed by atoms with van der Waals surface area (Å²) in [6.07, 6.45) is 1.47. The molecule has 0 aliphatic carbocycles. The van der Waals surface area contributed by atoms with Gasteiger partial charge < -0.3 is 20.1 Å². The Labute approximate surface area is 218 Å². The van der Waals surface area contributed by atoms with E-state index in [9.17, 15) is 14.9 Å². The van der Waals surface area contributed by atoms with E-state index in [-0.39, 0.29) is 24.1 Å². The van der Waals surface area contributed by atoms with Gasteiger partial charge in [0.25, 0.3) is 11.8 Å². The van der Waals surface area contributed by atoms with Gasteiger partial charge in [-0.25, -0.2) is 0 Å². The predicted molar refractivity (Wildman–Crippen MR) is 143 cm³/mol. The lowest BCUT2D eigenvalue weighted by Crippen LogP contribution is -2.27. The number of nitrogens with zero attached hydrogens (tertiary/aromatic N) is 1. The molecular weight excluding hydrogens is 522 g/mol. The van der Waals surface area contributed by atoms with Crippen molar-refractivity contribution >= 4 is 39.5 Å². The zero-order valence-corrected chi connectivity index (χ0v) is 21.8. The third kappa shape index (κ3) is 7.20. The predicted octanol–water partition coefficient (Wildman–Crippen LogP) is 5.57. The molecule has 3 rings (SSSR count). The number of halogens is 1. The summed E-state index contributed by atoms with van der Waals surface area (Å²) in [4.78, 5) is 25.0. The summed E-state index contributed by atoms with van der Waals surface area (Å²) < 4.78 is 11.6. The van der Waals surface area contributed by atoms with Crippen molar-refractivity contribution < 1.29 is 19.1 Å². The van der Waals surface area contributed by atoms with Crippen molar-refractivity contribution in [2.75, 3.05) is 19.0 Å². The van der Waals surface area contributed by atoms with E-state index in [1.807, 2.05) is 74.5 Å². The molecule has 184 valence electrons. The molecule has 0 saturated heterocycles. The van der Waals surface area contributed by atoms with Crippen molar-refractivity contribution in [3.8, 4) is 17.6 Å². The Morgan fingerprint density at radius 1 is 1.11 bits per heavy atom. The molecule has 7 nitrogen and oxygen atoms in total. The van der Waals surface area contributed by atoms with Gasteiger partial charge in [0.2, 0.25) is 0 Å². The summed E-state index contributed by atoms with van der Waals surface area (Å²) in [7, 11) is 1.47. The van der Waals surface area contributed by atoms with E-state index in [0.29, 0.717) is 27.2 Å². The smallest absolute Gasteiger partial charge is 0.262 e. The highest BCUT2D eigenvalue weighted by Gasteiger charge is 2.17. The normalized spacial score (nSPS) is 11.7. The number of rotatable bonds is 9. The fourth-order valence-corrected chi connectivity index (χ4v) is 3.92. The molecule has 0 bridgehead atoms. The van der Waals surface area contributed by atoms with Crippen LogP contribution < -0.4 is 20.1 Å². The number of amides is 2. The largest absolute Gasteiger partial charge is 0.493 e. The number of benzene rings is 3. The number of ether oxygens (including phenoxy) is 2. The molecule has 0 radical (unpaired) electrons. The average Bonchev–Trinajstić information content (AvgIpc) is 2.88. The topological polar surface area (TPSA) is 100 Å². The molecule has 0 unspecified atom stereocenters. The van der Waals surface area contributed by atoms with E-state index in [4.69, 9.17) is 9.47 Å². The van der Waals surface area contributed by atoms with Crippen LogP contribution in [-0.2, 0) is 9.59 Å². The van der Waals surface area contributed by atoms with Gasteiger partial charge in [0, 0.05) is 5.69 Å².